The number of hydrogen-bond acceptors (Lipinski definition) is 8. The molecule has 2 aromatic carbocycles. The van der Waals surface area contributed by atoms with E-state index < -0.39 is 5.60 Å². The number of amides is 1. The summed E-state index contributed by atoms with van der Waals surface area (Å²) in [6, 6.07) is 20.6. The number of ether oxygens (including phenoxy) is 1. The van der Waals surface area contributed by atoms with Crippen molar-refractivity contribution in [2.24, 2.45) is 0 Å². The number of anilines is 3. The summed E-state index contributed by atoms with van der Waals surface area (Å²) in [6.45, 7) is 13.2. The molecule has 40 heavy (non-hydrogen) atoms. The number of piperazine rings is 1. The lowest BCUT2D eigenvalue weighted by molar-refractivity contribution is 0.0240. The van der Waals surface area contributed by atoms with E-state index in [1.165, 1.54) is 5.56 Å². The van der Waals surface area contributed by atoms with Crippen molar-refractivity contribution in [3.8, 4) is 21.8 Å². The Kier molecular flexibility index (Phi) is 8.02. The van der Waals surface area contributed by atoms with Crippen LogP contribution < -0.4 is 9.80 Å². The van der Waals surface area contributed by atoms with E-state index in [-0.39, 0.29) is 6.09 Å². The Bertz CT molecular complexity index is 1460. The Morgan fingerprint density at radius 1 is 1.00 bits per heavy atom. The maximum atomic E-state index is 12.6. The topological polar surface area (TPSA) is 74.7 Å². The van der Waals surface area contributed by atoms with Crippen LogP contribution >= 0.6 is 11.3 Å². The van der Waals surface area contributed by atoms with Crippen LogP contribution in [0.15, 0.2) is 66.9 Å². The summed E-state index contributed by atoms with van der Waals surface area (Å²) in [5, 5.41) is 0.922. The first-order valence-electron chi connectivity index (χ1n) is 13.7. The van der Waals surface area contributed by atoms with Gasteiger partial charge in [-0.1, -0.05) is 53.3 Å². The number of aryl methyl sites for hydroxylation is 1. The van der Waals surface area contributed by atoms with Crippen LogP contribution in [0.25, 0.3) is 21.8 Å². The number of carbonyl (C=O) groups excluding carboxylic acids is 1. The van der Waals surface area contributed by atoms with Gasteiger partial charge in [0.2, 0.25) is 5.95 Å². The minimum atomic E-state index is -0.509. The van der Waals surface area contributed by atoms with Crippen LogP contribution in [0, 0.1) is 6.92 Å². The molecule has 0 saturated carbocycles. The SMILES string of the molecule is CCN(c1ccccc1)c1nccc(-c2sc(N3CCN(C(=O)OC(C)(C)C)CC3)nc2-c2cccc(C)c2)n1. The first-order valence-corrected chi connectivity index (χ1v) is 14.5. The summed E-state index contributed by atoms with van der Waals surface area (Å²) in [4.78, 5) is 34.5. The predicted octanol–water partition coefficient (Wildman–Crippen LogP) is 6.79. The van der Waals surface area contributed by atoms with Crippen molar-refractivity contribution in [2.75, 3.05) is 42.5 Å². The molecule has 8 nitrogen and oxygen atoms in total. The largest absolute Gasteiger partial charge is 0.444 e. The van der Waals surface area contributed by atoms with Gasteiger partial charge in [-0.2, -0.15) is 0 Å². The Morgan fingerprint density at radius 3 is 2.42 bits per heavy atom. The molecule has 0 spiro atoms. The molecule has 1 fully saturated rings. The number of carbonyl (C=O) groups is 1. The molecule has 208 valence electrons. The van der Waals surface area contributed by atoms with E-state index in [0.29, 0.717) is 32.1 Å². The summed E-state index contributed by atoms with van der Waals surface area (Å²) in [5.74, 6) is 0.655. The van der Waals surface area contributed by atoms with Crippen molar-refractivity contribution in [1.29, 1.82) is 0 Å². The number of para-hydroxylation sites is 1. The summed E-state index contributed by atoms with van der Waals surface area (Å²) >= 11 is 1.63. The van der Waals surface area contributed by atoms with Gasteiger partial charge in [-0.15, -0.1) is 0 Å². The van der Waals surface area contributed by atoms with Crippen molar-refractivity contribution < 1.29 is 9.53 Å². The summed E-state index contributed by atoms with van der Waals surface area (Å²) < 4.78 is 5.58. The van der Waals surface area contributed by atoms with E-state index in [4.69, 9.17) is 14.7 Å². The van der Waals surface area contributed by atoms with Gasteiger partial charge in [0.25, 0.3) is 0 Å². The molecule has 2 aromatic heterocycles. The van der Waals surface area contributed by atoms with Gasteiger partial charge in [-0.3, -0.25) is 0 Å². The Morgan fingerprint density at radius 2 is 1.75 bits per heavy atom. The average molecular weight is 557 g/mol. The van der Waals surface area contributed by atoms with E-state index in [2.05, 4.69) is 65.0 Å². The molecule has 9 heteroatoms. The first-order chi connectivity index (χ1) is 19.2. The van der Waals surface area contributed by atoms with Gasteiger partial charge in [-0.05, 0) is 58.9 Å². The van der Waals surface area contributed by atoms with Crippen LogP contribution in [0.3, 0.4) is 0 Å². The van der Waals surface area contributed by atoms with Crippen LogP contribution in [0.5, 0.6) is 0 Å². The second-order valence-corrected chi connectivity index (χ2v) is 11.8. The first kappa shape index (κ1) is 27.6. The minimum absolute atomic E-state index is 0.264. The second-order valence-electron chi connectivity index (χ2n) is 10.8. The normalized spacial score (nSPS) is 13.8. The standard InChI is InChI=1S/C31H36N6O2S/c1-6-37(24-13-8-7-9-14-24)28-32-16-15-25(33-28)27-26(23-12-10-11-22(2)21-23)34-29(40-27)35-17-19-36(20-18-35)30(38)39-31(3,4)5/h7-16,21H,6,17-20H2,1-5H3. The number of hydrogen-bond donors (Lipinski definition) is 0. The maximum absolute atomic E-state index is 12.6. The lowest BCUT2D eigenvalue weighted by atomic mass is 10.1. The molecule has 0 radical (unpaired) electrons. The monoisotopic (exact) mass is 556 g/mol. The molecule has 1 aliphatic heterocycles. The summed E-state index contributed by atoms with van der Waals surface area (Å²) in [5.41, 5.74) is 4.52. The van der Waals surface area contributed by atoms with Gasteiger partial charge in [0.1, 0.15) is 5.60 Å². The van der Waals surface area contributed by atoms with E-state index >= 15 is 0 Å². The highest BCUT2D eigenvalue weighted by molar-refractivity contribution is 7.19. The third-order valence-corrected chi connectivity index (χ3v) is 7.75. The Hall–Kier alpha value is -3.98. The number of benzene rings is 2. The smallest absolute Gasteiger partial charge is 0.410 e. The molecule has 1 aliphatic rings. The lowest BCUT2D eigenvalue weighted by Crippen LogP contribution is -2.50. The zero-order valence-electron chi connectivity index (χ0n) is 23.8. The van der Waals surface area contributed by atoms with E-state index in [0.717, 1.165) is 39.2 Å². The number of thiazole rings is 1. The zero-order chi connectivity index (χ0) is 28.3. The molecule has 1 saturated heterocycles. The highest BCUT2D eigenvalue weighted by Gasteiger charge is 2.28. The van der Waals surface area contributed by atoms with E-state index in [1.807, 2.05) is 51.2 Å². The molecule has 1 amide bonds. The predicted molar refractivity (Wildman–Crippen MR) is 162 cm³/mol. The van der Waals surface area contributed by atoms with Crippen LogP contribution in [0.4, 0.5) is 21.6 Å². The fourth-order valence-corrected chi connectivity index (χ4v) is 5.77. The maximum Gasteiger partial charge on any atom is 0.410 e. The molecule has 0 aliphatic carbocycles. The van der Waals surface area contributed by atoms with E-state index in [9.17, 15) is 4.79 Å². The number of rotatable bonds is 6. The second kappa shape index (κ2) is 11.6. The Balaban J connectivity index is 1.47. The Labute approximate surface area is 240 Å². The molecule has 0 bridgehead atoms. The molecule has 0 unspecified atom stereocenters. The molecule has 0 atom stereocenters. The van der Waals surface area contributed by atoms with Gasteiger partial charge < -0.3 is 19.4 Å². The van der Waals surface area contributed by atoms with Gasteiger partial charge >= 0.3 is 6.09 Å². The minimum Gasteiger partial charge on any atom is -0.444 e. The van der Waals surface area contributed by atoms with Crippen LogP contribution in [0.2, 0.25) is 0 Å². The van der Waals surface area contributed by atoms with Gasteiger partial charge in [-0.25, -0.2) is 19.7 Å². The third-order valence-electron chi connectivity index (χ3n) is 6.61. The molecule has 5 rings (SSSR count). The highest BCUT2D eigenvalue weighted by Crippen LogP contribution is 2.40. The fraction of sp³-hybridized carbons (Fsp3) is 0.355. The van der Waals surface area contributed by atoms with Crippen molar-refractivity contribution in [2.45, 2.75) is 40.2 Å². The zero-order valence-corrected chi connectivity index (χ0v) is 24.6. The number of aromatic nitrogens is 3. The molecular weight excluding hydrogens is 520 g/mol. The molecule has 0 N–H and O–H groups in total. The van der Waals surface area contributed by atoms with Crippen molar-refractivity contribution in [3.63, 3.8) is 0 Å². The van der Waals surface area contributed by atoms with Crippen LogP contribution in [-0.4, -0.2) is 64.3 Å². The number of nitrogens with zero attached hydrogens (tertiary/aromatic N) is 6. The summed E-state index contributed by atoms with van der Waals surface area (Å²) in [6.07, 6.45) is 1.56. The van der Waals surface area contributed by atoms with Gasteiger partial charge in [0.15, 0.2) is 5.13 Å². The lowest BCUT2D eigenvalue weighted by Gasteiger charge is -2.35. The van der Waals surface area contributed by atoms with Crippen molar-refractivity contribution >= 4 is 34.2 Å². The highest BCUT2D eigenvalue weighted by atomic mass is 32.1. The molecular formula is C31H36N6O2S. The molecule has 3 heterocycles. The molecule has 4 aromatic rings. The quantitative estimate of drug-likeness (QED) is 0.259. The van der Waals surface area contributed by atoms with Crippen molar-refractivity contribution in [3.05, 3.63) is 72.4 Å². The fourth-order valence-electron chi connectivity index (χ4n) is 4.66. The van der Waals surface area contributed by atoms with Crippen molar-refractivity contribution in [1.82, 2.24) is 19.9 Å². The van der Waals surface area contributed by atoms with Gasteiger partial charge in [0.05, 0.1) is 16.3 Å². The third kappa shape index (κ3) is 6.25. The van der Waals surface area contributed by atoms with Crippen LogP contribution in [0.1, 0.15) is 33.3 Å². The van der Waals surface area contributed by atoms with E-state index in [1.54, 1.807) is 16.2 Å². The van der Waals surface area contributed by atoms with Gasteiger partial charge in [0, 0.05) is 50.2 Å². The van der Waals surface area contributed by atoms with Crippen LogP contribution in [-0.2, 0) is 4.74 Å². The summed E-state index contributed by atoms with van der Waals surface area (Å²) in [7, 11) is 0. The average Bonchev–Trinajstić information content (AvgIpc) is 3.39.